The molecular formula is C18H19N5O2S. The molecule has 1 N–H and O–H groups in total. The first kappa shape index (κ1) is 18.2. The Balaban J connectivity index is 1.57. The number of benzene rings is 1. The van der Waals surface area contributed by atoms with Crippen molar-refractivity contribution >= 4 is 17.5 Å². The van der Waals surface area contributed by atoms with Crippen LogP contribution in [-0.2, 0) is 0 Å². The van der Waals surface area contributed by atoms with Gasteiger partial charge in [-0.3, -0.25) is 0 Å². The van der Waals surface area contributed by atoms with E-state index >= 15 is 0 Å². The van der Waals surface area contributed by atoms with Gasteiger partial charge in [0.05, 0.1) is 17.7 Å². The Bertz CT molecular complexity index is 962. The highest BCUT2D eigenvalue weighted by atomic mass is 32.2. The zero-order chi connectivity index (χ0) is 18.7. The second-order valence-corrected chi connectivity index (χ2v) is 6.91. The third-order valence-corrected chi connectivity index (χ3v) is 5.05. The molecule has 7 nitrogen and oxygen atoms in total. The Kier molecular flexibility index (Phi) is 5.40. The SMILES string of the molecule is Cc1nc2nc(SCC(O)COc3ccc(C#N)cc3)nn2c(C)c1C. The van der Waals surface area contributed by atoms with E-state index < -0.39 is 6.10 Å². The number of aryl methyl sites for hydroxylation is 2. The largest absolute Gasteiger partial charge is 0.491 e. The van der Waals surface area contributed by atoms with Gasteiger partial charge in [0, 0.05) is 17.1 Å². The molecule has 0 saturated heterocycles. The molecule has 1 unspecified atom stereocenters. The quantitative estimate of drug-likeness (QED) is 0.667. The van der Waals surface area contributed by atoms with E-state index in [2.05, 4.69) is 21.1 Å². The average molecular weight is 369 g/mol. The molecule has 0 saturated carbocycles. The first-order valence-corrected chi connectivity index (χ1v) is 9.11. The minimum absolute atomic E-state index is 0.155. The van der Waals surface area contributed by atoms with Crippen molar-refractivity contribution in [1.82, 2.24) is 19.6 Å². The molecule has 0 radical (unpaired) electrons. The Morgan fingerprint density at radius 2 is 1.96 bits per heavy atom. The maximum absolute atomic E-state index is 10.1. The van der Waals surface area contributed by atoms with Gasteiger partial charge in [0.25, 0.3) is 5.78 Å². The van der Waals surface area contributed by atoms with Gasteiger partial charge in [-0.25, -0.2) is 9.50 Å². The molecule has 1 atom stereocenters. The fraction of sp³-hybridized carbons (Fsp3) is 0.333. The maximum atomic E-state index is 10.1. The smallest absolute Gasteiger partial charge is 0.253 e. The van der Waals surface area contributed by atoms with Gasteiger partial charge in [0.1, 0.15) is 12.4 Å². The molecular weight excluding hydrogens is 350 g/mol. The van der Waals surface area contributed by atoms with Crippen LogP contribution in [0.1, 0.15) is 22.5 Å². The number of aliphatic hydroxyl groups is 1. The van der Waals surface area contributed by atoms with E-state index in [-0.39, 0.29) is 6.61 Å². The van der Waals surface area contributed by atoms with Crippen molar-refractivity contribution in [3.8, 4) is 11.8 Å². The van der Waals surface area contributed by atoms with Gasteiger partial charge >= 0.3 is 0 Å². The summed E-state index contributed by atoms with van der Waals surface area (Å²) in [5.41, 5.74) is 3.61. The Morgan fingerprint density at radius 3 is 2.65 bits per heavy atom. The van der Waals surface area contributed by atoms with Crippen LogP contribution in [0.15, 0.2) is 29.4 Å². The lowest BCUT2D eigenvalue weighted by molar-refractivity contribution is 0.126. The number of aromatic nitrogens is 4. The van der Waals surface area contributed by atoms with Crippen LogP contribution in [0.3, 0.4) is 0 Å². The summed E-state index contributed by atoms with van der Waals surface area (Å²) >= 11 is 1.36. The molecule has 134 valence electrons. The van der Waals surface area contributed by atoms with Gasteiger partial charge in [-0.05, 0) is 50.6 Å². The molecule has 0 bridgehead atoms. The Morgan fingerprint density at radius 1 is 1.23 bits per heavy atom. The number of hydrogen-bond acceptors (Lipinski definition) is 7. The van der Waals surface area contributed by atoms with E-state index in [1.807, 2.05) is 20.8 Å². The molecule has 26 heavy (non-hydrogen) atoms. The lowest BCUT2D eigenvalue weighted by Gasteiger charge is -2.11. The summed E-state index contributed by atoms with van der Waals surface area (Å²) in [5.74, 6) is 1.59. The lowest BCUT2D eigenvalue weighted by atomic mass is 10.2. The van der Waals surface area contributed by atoms with Gasteiger partial charge in [-0.2, -0.15) is 10.2 Å². The normalized spacial score (nSPS) is 12.1. The van der Waals surface area contributed by atoms with E-state index in [0.29, 0.717) is 28.0 Å². The number of nitrogens with zero attached hydrogens (tertiary/aromatic N) is 5. The summed E-state index contributed by atoms with van der Waals surface area (Å²) in [4.78, 5) is 8.85. The molecule has 0 spiro atoms. The summed E-state index contributed by atoms with van der Waals surface area (Å²) in [6.45, 7) is 6.10. The van der Waals surface area contributed by atoms with Crippen LogP contribution < -0.4 is 4.74 Å². The topological polar surface area (TPSA) is 96.3 Å². The predicted molar refractivity (Wildman–Crippen MR) is 98.4 cm³/mol. The molecule has 3 rings (SSSR count). The highest BCUT2D eigenvalue weighted by molar-refractivity contribution is 7.99. The standard InChI is InChI=1S/C18H19N5O2S/c1-11-12(2)20-17-21-18(22-23(17)13(11)3)26-10-15(24)9-25-16-6-4-14(8-19)5-7-16/h4-7,15,24H,9-10H2,1-3H3. The zero-order valence-corrected chi connectivity index (χ0v) is 15.6. The second-order valence-electron chi connectivity index (χ2n) is 5.93. The first-order valence-electron chi connectivity index (χ1n) is 8.12. The van der Waals surface area contributed by atoms with Crippen molar-refractivity contribution in [2.24, 2.45) is 0 Å². The van der Waals surface area contributed by atoms with Crippen LogP contribution >= 0.6 is 11.8 Å². The third kappa shape index (κ3) is 3.95. The van der Waals surface area contributed by atoms with E-state index in [4.69, 9.17) is 10.00 Å². The van der Waals surface area contributed by atoms with Crippen LogP contribution in [0.4, 0.5) is 0 Å². The Labute approximate surface area is 155 Å². The van der Waals surface area contributed by atoms with Crippen molar-refractivity contribution in [1.29, 1.82) is 5.26 Å². The molecule has 0 amide bonds. The summed E-state index contributed by atoms with van der Waals surface area (Å²) in [6, 6.07) is 8.82. The molecule has 0 aliphatic rings. The van der Waals surface area contributed by atoms with E-state index in [0.717, 1.165) is 17.0 Å². The van der Waals surface area contributed by atoms with Crippen LogP contribution in [-0.4, -0.2) is 43.2 Å². The second kappa shape index (κ2) is 7.72. The zero-order valence-electron chi connectivity index (χ0n) is 14.8. The van der Waals surface area contributed by atoms with Crippen LogP contribution in [0.25, 0.3) is 5.78 Å². The van der Waals surface area contributed by atoms with E-state index in [1.165, 1.54) is 11.8 Å². The average Bonchev–Trinajstić information content (AvgIpc) is 3.06. The number of thioether (sulfide) groups is 1. The minimum Gasteiger partial charge on any atom is -0.491 e. The minimum atomic E-state index is -0.667. The molecule has 0 aliphatic carbocycles. The van der Waals surface area contributed by atoms with Crippen molar-refractivity contribution in [3.63, 3.8) is 0 Å². The fourth-order valence-corrected chi connectivity index (χ4v) is 3.06. The van der Waals surface area contributed by atoms with Crippen molar-refractivity contribution in [3.05, 3.63) is 46.8 Å². The number of nitriles is 1. The maximum Gasteiger partial charge on any atom is 0.253 e. The highest BCUT2D eigenvalue weighted by Gasteiger charge is 2.13. The molecule has 0 aliphatic heterocycles. The van der Waals surface area contributed by atoms with Gasteiger partial charge in [0.15, 0.2) is 0 Å². The summed E-state index contributed by atoms with van der Waals surface area (Å²) in [7, 11) is 0. The van der Waals surface area contributed by atoms with Gasteiger partial charge in [-0.1, -0.05) is 11.8 Å². The number of aliphatic hydroxyl groups excluding tert-OH is 1. The van der Waals surface area contributed by atoms with Crippen molar-refractivity contribution in [2.45, 2.75) is 32.0 Å². The molecule has 3 aromatic rings. The van der Waals surface area contributed by atoms with Gasteiger partial charge < -0.3 is 9.84 Å². The van der Waals surface area contributed by atoms with E-state index in [1.54, 1.807) is 28.8 Å². The number of rotatable bonds is 6. The summed E-state index contributed by atoms with van der Waals surface area (Å²) in [5, 5.41) is 23.9. The summed E-state index contributed by atoms with van der Waals surface area (Å²) < 4.78 is 7.26. The Hall–Kier alpha value is -2.63. The first-order chi connectivity index (χ1) is 12.5. The molecule has 2 aromatic heterocycles. The molecule has 1 aromatic carbocycles. The van der Waals surface area contributed by atoms with Gasteiger partial charge in [-0.15, -0.1) is 5.10 Å². The molecule has 2 heterocycles. The van der Waals surface area contributed by atoms with E-state index in [9.17, 15) is 5.11 Å². The van der Waals surface area contributed by atoms with Crippen molar-refractivity contribution in [2.75, 3.05) is 12.4 Å². The summed E-state index contributed by atoms with van der Waals surface area (Å²) in [6.07, 6.45) is -0.667. The monoisotopic (exact) mass is 369 g/mol. The van der Waals surface area contributed by atoms with Gasteiger partial charge in [0.2, 0.25) is 5.16 Å². The van der Waals surface area contributed by atoms with Crippen molar-refractivity contribution < 1.29 is 9.84 Å². The number of ether oxygens (including phenoxy) is 1. The lowest BCUT2D eigenvalue weighted by Crippen LogP contribution is -2.20. The number of hydrogen-bond donors (Lipinski definition) is 1. The number of fused-ring (bicyclic) bond motifs is 1. The van der Waals surface area contributed by atoms with Crippen LogP contribution in [0.2, 0.25) is 0 Å². The van der Waals surface area contributed by atoms with Crippen LogP contribution in [0, 0.1) is 32.1 Å². The molecule has 0 fully saturated rings. The third-order valence-electron chi connectivity index (χ3n) is 4.07. The predicted octanol–water partition coefficient (Wildman–Crippen LogP) is 2.45. The molecule has 8 heteroatoms. The highest BCUT2D eigenvalue weighted by Crippen LogP contribution is 2.19. The fourth-order valence-electron chi connectivity index (χ4n) is 2.34. The van der Waals surface area contributed by atoms with Crippen LogP contribution in [0.5, 0.6) is 5.75 Å².